The predicted molar refractivity (Wildman–Crippen MR) is 110 cm³/mol. The number of aliphatic hydroxyl groups is 1. The lowest BCUT2D eigenvalue weighted by Crippen LogP contribution is -2.20. The first-order valence-electron chi connectivity index (χ1n) is 9.59. The molecule has 0 amide bonds. The topological polar surface area (TPSA) is 69.6 Å². The van der Waals surface area contributed by atoms with Gasteiger partial charge in [0.2, 0.25) is 0 Å². The molecule has 6 heteroatoms. The van der Waals surface area contributed by atoms with Gasteiger partial charge < -0.3 is 20.1 Å². The van der Waals surface area contributed by atoms with Crippen LogP contribution in [-0.4, -0.2) is 45.7 Å². The van der Waals surface area contributed by atoms with Gasteiger partial charge in [-0.2, -0.15) is 0 Å². The summed E-state index contributed by atoms with van der Waals surface area (Å²) >= 11 is 1.71. The summed E-state index contributed by atoms with van der Waals surface area (Å²) in [6.45, 7) is 4.47. The summed E-state index contributed by atoms with van der Waals surface area (Å²) in [5.41, 5.74) is 3.25. The fourth-order valence-corrected chi connectivity index (χ4v) is 4.93. The maximum absolute atomic E-state index is 9.80. The van der Waals surface area contributed by atoms with Crippen LogP contribution < -0.4 is 10.1 Å². The van der Waals surface area contributed by atoms with Crippen molar-refractivity contribution >= 4 is 33.4 Å². The highest BCUT2D eigenvalue weighted by Gasteiger charge is 2.25. The van der Waals surface area contributed by atoms with Crippen LogP contribution in [0.15, 0.2) is 23.2 Å². The van der Waals surface area contributed by atoms with Crippen LogP contribution in [0.3, 0.4) is 0 Å². The Balaban J connectivity index is 1.70. The first-order chi connectivity index (χ1) is 12.6. The van der Waals surface area contributed by atoms with Crippen molar-refractivity contribution in [1.29, 1.82) is 0 Å². The number of benzene rings is 1. The van der Waals surface area contributed by atoms with Crippen molar-refractivity contribution in [2.24, 2.45) is 4.99 Å². The van der Waals surface area contributed by atoms with Crippen molar-refractivity contribution in [1.82, 2.24) is 4.98 Å². The zero-order valence-corrected chi connectivity index (χ0v) is 16.2. The number of ether oxygens (including phenoxy) is 1. The van der Waals surface area contributed by atoms with Crippen molar-refractivity contribution in [3.63, 3.8) is 0 Å². The molecule has 0 radical (unpaired) electrons. The molecule has 2 atom stereocenters. The highest BCUT2D eigenvalue weighted by atomic mass is 32.2. The molecule has 1 aromatic carbocycles. The zero-order chi connectivity index (χ0) is 18.1. The zero-order valence-electron chi connectivity index (χ0n) is 15.4. The average Bonchev–Trinajstić information content (AvgIpc) is 3.35. The van der Waals surface area contributed by atoms with Crippen LogP contribution in [0.5, 0.6) is 5.75 Å². The third-order valence-electron chi connectivity index (χ3n) is 5.19. The van der Waals surface area contributed by atoms with Gasteiger partial charge >= 0.3 is 0 Å². The molecule has 1 unspecified atom stereocenters. The summed E-state index contributed by atoms with van der Waals surface area (Å²) in [5.74, 6) is 1.73. The van der Waals surface area contributed by atoms with Crippen LogP contribution in [0.2, 0.25) is 0 Å². The lowest BCUT2D eigenvalue weighted by molar-refractivity contribution is 0.174. The highest BCUT2D eigenvalue weighted by molar-refractivity contribution is 8.14. The predicted octanol–water partition coefficient (Wildman–Crippen LogP) is 4.16. The molecule has 4 rings (SSSR count). The van der Waals surface area contributed by atoms with E-state index in [9.17, 15) is 5.11 Å². The lowest BCUT2D eigenvalue weighted by atomic mass is 10.1. The maximum atomic E-state index is 9.80. The Labute approximate surface area is 158 Å². The third-order valence-corrected chi connectivity index (χ3v) is 6.30. The van der Waals surface area contributed by atoms with E-state index in [1.807, 2.05) is 6.92 Å². The molecular weight excluding hydrogens is 346 g/mol. The second kappa shape index (κ2) is 7.53. The SMILES string of the molecule is CCOc1cc(NC2CCCC2)c2[nH]c(C3=N[C@@H](C(C)O)CS3)cc2c1. The number of thioether (sulfide) groups is 1. The number of aliphatic imine (C=N–C) groups is 1. The minimum Gasteiger partial charge on any atom is -0.494 e. The van der Waals surface area contributed by atoms with Crippen molar-refractivity contribution in [2.45, 2.75) is 57.7 Å². The van der Waals surface area contributed by atoms with E-state index >= 15 is 0 Å². The van der Waals surface area contributed by atoms with Gasteiger partial charge in [-0.05, 0) is 38.8 Å². The Morgan fingerprint density at radius 2 is 2.15 bits per heavy atom. The van der Waals surface area contributed by atoms with Crippen LogP contribution >= 0.6 is 11.8 Å². The van der Waals surface area contributed by atoms with Crippen molar-refractivity contribution in [2.75, 3.05) is 17.7 Å². The molecule has 0 saturated heterocycles. The van der Waals surface area contributed by atoms with Gasteiger partial charge in [-0.3, -0.25) is 4.99 Å². The second-order valence-electron chi connectivity index (χ2n) is 7.23. The molecule has 2 aliphatic rings. The van der Waals surface area contributed by atoms with E-state index in [4.69, 9.17) is 9.73 Å². The summed E-state index contributed by atoms with van der Waals surface area (Å²) in [6, 6.07) is 6.86. The van der Waals surface area contributed by atoms with Gasteiger partial charge in [-0.25, -0.2) is 0 Å². The van der Waals surface area contributed by atoms with Gasteiger partial charge in [0.25, 0.3) is 0 Å². The number of hydrogen-bond donors (Lipinski definition) is 3. The first kappa shape index (κ1) is 17.7. The average molecular weight is 374 g/mol. The van der Waals surface area contributed by atoms with Crippen LogP contribution in [0.25, 0.3) is 10.9 Å². The molecule has 3 N–H and O–H groups in total. The Bertz CT molecular complexity index is 809. The lowest BCUT2D eigenvalue weighted by Gasteiger charge is -2.15. The van der Waals surface area contributed by atoms with Crippen molar-refractivity contribution in [3.8, 4) is 5.75 Å². The minimum absolute atomic E-state index is 0.0171. The number of aromatic nitrogens is 1. The highest BCUT2D eigenvalue weighted by Crippen LogP contribution is 2.34. The summed E-state index contributed by atoms with van der Waals surface area (Å²) in [6.07, 6.45) is 4.65. The van der Waals surface area contributed by atoms with Gasteiger partial charge in [0.05, 0.1) is 35.7 Å². The van der Waals surface area contributed by atoms with E-state index in [0.717, 1.165) is 38.8 Å². The molecule has 2 heterocycles. The number of H-pyrrole nitrogens is 1. The van der Waals surface area contributed by atoms with Crippen molar-refractivity contribution in [3.05, 3.63) is 23.9 Å². The molecule has 26 heavy (non-hydrogen) atoms. The van der Waals surface area contributed by atoms with Crippen LogP contribution in [-0.2, 0) is 0 Å². The number of anilines is 1. The van der Waals surface area contributed by atoms with Gasteiger partial charge in [-0.1, -0.05) is 12.8 Å². The first-order valence-corrected chi connectivity index (χ1v) is 10.6. The fourth-order valence-electron chi connectivity index (χ4n) is 3.77. The Morgan fingerprint density at radius 3 is 2.85 bits per heavy atom. The van der Waals surface area contributed by atoms with Crippen LogP contribution in [0.4, 0.5) is 5.69 Å². The number of aliphatic hydroxyl groups excluding tert-OH is 1. The van der Waals surface area contributed by atoms with E-state index < -0.39 is 6.10 Å². The van der Waals surface area contributed by atoms with Crippen LogP contribution in [0, 0.1) is 0 Å². The Kier molecular flexibility index (Phi) is 5.14. The Hall–Kier alpha value is -1.66. The molecular formula is C20H27N3O2S. The summed E-state index contributed by atoms with van der Waals surface area (Å²) in [7, 11) is 0. The minimum atomic E-state index is -0.409. The fraction of sp³-hybridized carbons (Fsp3) is 0.550. The molecule has 1 saturated carbocycles. The Morgan fingerprint density at radius 1 is 1.35 bits per heavy atom. The third kappa shape index (κ3) is 3.58. The van der Waals surface area contributed by atoms with Gasteiger partial charge in [-0.15, -0.1) is 11.8 Å². The van der Waals surface area contributed by atoms with E-state index in [2.05, 4.69) is 28.5 Å². The monoisotopic (exact) mass is 373 g/mol. The van der Waals surface area contributed by atoms with Crippen LogP contribution in [0.1, 0.15) is 45.2 Å². The number of aromatic amines is 1. The maximum Gasteiger partial charge on any atom is 0.122 e. The number of hydrogen-bond acceptors (Lipinski definition) is 5. The van der Waals surface area contributed by atoms with E-state index in [-0.39, 0.29) is 6.04 Å². The number of nitrogens with one attached hydrogen (secondary N) is 2. The summed E-state index contributed by atoms with van der Waals surface area (Å²) in [4.78, 5) is 8.25. The largest absolute Gasteiger partial charge is 0.494 e. The van der Waals surface area contributed by atoms with E-state index in [1.165, 1.54) is 25.7 Å². The summed E-state index contributed by atoms with van der Waals surface area (Å²) < 4.78 is 5.78. The smallest absolute Gasteiger partial charge is 0.122 e. The molecule has 0 bridgehead atoms. The molecule has 1 aliphatic carbocycles. The summed E-state index contributed by atoms with van der Waals surface area (Å²) in [5, 5.41) is 15.6. The molecule has 140 valence electrons. The molecule has 1 fully saturated rings. The van der Waals surface area contributed by atoms with Gasteiger partial charge in [0, 0.05) is 23.2 Å². The van der Waals surface area contributed by atoms with Gasteiger partial charge in [0.15, 0.2) is 0 Å². The molecule has 1 aliphatic heterocycles. The van der Waals surface area contributed by atoms with E-state index in [1.54, 1.807) is 18.7 Å². The quantitative estimate of drug-likeness (QED) is 0.711. The molecule has 2 aromatic rings. The number of nitrogens with zero attached hydrogens (tertiary/aromatic N) is 1. The van der Waals surface area contributed by atoms with Crippen molar-refractivity contribution < 1.29 is 9.84 Å². The molecule has 5 nitrogen and oxygen atoms in total. The second-order valence-corrected chi connectivity index (χ2v) is 8.24. The molecule has 0 spiro atoms. The number of fused-ring (bicyclic) bond motifs is 1. The number of rotatable bonds is 6. The normalized spacial score (nSPS) is 22.0. The molecule has 1 aromatic heterocycles. The van der Waals surface area contributed by atoms with Gasteiger partial charge in [0.1, 0.15) is 10.8 Å². The standard InChI is InChI=1S/C20H27N3O2S/c1-3-25-15-8-13-9-17(20-23-18(11-26-20)12(2)24)22-19(13)16(10-15)21-14-6-4-5-7-14/h8-10,12,14,18,21-22,24H,3-7,11H2,1-2H3/t12?,18-/m1/s1. The van der Waals surface area contributed by atoms with E-state index in [0.29, 0.717) is 12.6 Å².